The minimum Gasteiger partial charge on any atom is -0.496 e. The van der Waals surface area contributed by atoms with Gasteiger partial charge in [-0.05, 0) is 55.8 Å². The number of rotatable bonds is 9. The molecule has 232 valence electrons. The normalized spacial score (nSPS) is 16.7. The minimum atomic E-state index is -0.879. The highest BCUT2D eigenvalue weighted by Crippen LogP contribution is 2.37. The summed E-state index contributed by atoms with van der Waals surface area (Å²) in [4.78, 5) is 46.4. The number of benzene rings is 2. The number of ether oxygens (including phenoxy) is 5. The molecule has 2 aliphatic heterocycles. The molecule has 1 amide bonds. The van der Waals surface area contributed by atoms with E-state index in [1.165, 1.54) is 30.1 Å². The lowest BCUT2D eigenvalue weighted by Gasteiger charge is -2.26. The number of nitrogens with zero attached hydrogens (tertiary/aromatic N) is 3. The minimum absolute atomic E-state index is 0.135. The Labute approximate surface area is 262 Å². The highest BCUT2D eigenvalue weighted by molar-refractivity contribution is 7.07. The molecule has 1 atom stereocenters. The average molecular weight is 642 g/mol. The maximum Gasteiger partial charge on any atom is 0.338 e. The lowest BCUT2D eigenvalue weighted by Crippen LogP contribution is -2.43. The Kier molecular flexibility index (Phi) is 9.72. The molecule has 0 saturated carbocycles. The van der Waals surface area contributed by atoms with Crippen LogP contribution in [0.15, 0.2) is 57.5 Å². The largest absolute Gasteiger partial charge is 0.496 e. The van der Waals surface area contributed by atoms with E-state index in [1.54, 1.807) is 61.2 Å². The van der Waals surface area contributed by atoms with Crippen molar-refractivity contribution in [1.29, 1.82) is 0 Å². The Bertz CT molecular complexity index is 1790. The number of hydrogen-bond acceptors (Lipinski definition) is 10. The molecule has 1 fully saturated rings. The van der Waals surface area contributed by atoms with Gasteiger partial charge < -0.3 is 28.6 Å². The smallest absolute Gasteiger partial charge is 0.338 e. The average Bonchev–Trinajstić information content (AvgIpc) is 3.33. The van der Waals surface area contributed by atoms with Crippen LogP contribution in [0.2, 0.25) is 5.02 Å². The van der Waals surface area contributed by atoms with Crippen molar-refractivity contribution in [1.82, 2.24) is 9.47 Å². The van der Waals surface area contributed by atoms with E-state index in [1.807, 2.05) is 0 Å². The summed E-state index contributed by atoms with van der Waals surface area (Å²) < 4.78 is 29.4. The first kappa shape index (κ1) is 31.3. The molecular formula is C31H32ClN3O8S. The molecule has 11 nitrogen and oxygen atoms in total. The van der Waals surface area contributed by atoms with E-state index in [9.17, 15) is 14.4 Å². The number of amides is 1. The molecule has 3 heterocycles. The van der Waals surface area contributed by atoms with Gasteiger partial charge in [0.25, 0.3) is 11.5 Å². The fourth-order valence-corrected chi connectivity index (χ4v) is 6.32. The lowest BCUT2D eigenvalue weighted by molar-refractivity contribution is -0.139. The molecular weight excluding hydrogens is 610 g/mol. The van der Waals surface area contributed by atoms with Crippen molar-refractivity contribution in [2.75, 3.05) is 53.7 Å². The maximum atomic E-state index is 14.0. The number of methoxy groups -OCH3 is 2. The van der Waals surface area contributed by atoms with Gasteiger partial charge in [0.15, 0.2) is 22.9 Å². The van der Waals surface area contributed by atoms with Crippen LogP contribution in [0.4, 0.5) is 0 Å². The van der Waals surface area contributed by atoms with Crippen LogP contribution < -0.4 is 29.1 Å². The van der Waals surface area contributed by atoms with Crippen LogP contribution in [-0.2, 0) is 19.1 Å². The fourth-order valence-electron chi connectivity index (χ4n) is 5.09. The maximum absolute atomic E-state index is 14.0. The Balaban J connectivity index is 1.53. The van der Waals surface area contributed by atoms with E-state index in [0.717, 1.165) is 0 Å². The molecule has 5 rings (SSSR count). The van der Waals surface area contributed by atoms with Crippen molar-refractivity contribution in [2.24, 2.45) is 4.99 Å². The third-order valence-corrected chi connectivity index (χ3v) is 8.42. The van der Waals surface area contributed by atoms with Crippen molar-refractivity contribution in [2.45, 2.75) is 19.9 Å². The SMILES string of the molecule is CCOC(=O)C1=C(C)N=c2s/c(=C\c3ccc(OCC(=O)N4CCOCC4)c(OC)c3)c(=O)n2[C@@H]1c1cc(Cl)ccc1OC. The van der Waals surface area contributed by atoms with Crippen molar-refractivity contribution in [3.05, 3.63) is 83.5 Å². The molecule has 0 N–H and O–H groups in total. The van der Waals surface area contributed by atoms with E-state index >= 15 is 0 Å². The highest BCUT2D eigenvalue weighted by atomic mass is 35.5. The van der Waals surface area contributed by atoms with Gasteiger partial charge in [-0.25, -0.2) is 9.79 Å². The first-order valence-corrected chi connectivity index (χ1v) is 15.1. The lowest BCUT2D eigenvalue weighted by atomic mass is 9.95. The van der Waals surface area contributed by atoms with E-state index in [0.29, 0.717) is 74.7 Å². The van der Waals surface area contributed by atoms with Gasteiger partial charge >= 0.3 is 5.97 Å². The van der Waals surface area contributed by atoms with E-state index < -0.39 is 12.0 Å². The highest BCUT2D eigenvalue weighted by Gasteiger charge is 2.35. The number of aromatic nitrogens is 1. The van der Waals surface area contributed by atoms with Gasteiger partial charge in [-0.15, -0.1) is 0 Å². The van der Waals surface area contributed by atoms with Gasteiger partial charge in [0.05, 0.1) is 49.8 Å². The number of thiazole rings is 1. The molecule has 2 aromatic carbocycles. The van der Waals surface area contributed by atoms with Crippen LogP contribution in [0.1, 0.15) is 31.0 Å². The monoisotopic (exact) mass is 641 g/mol. The standard InChI is InChI=1S/C31H32ClN3O8S/c1-5-42-30(38)27-18(2)33-31-35(28(27)21-16-20(32)7-9-22(21)39-3)29(37)25(44-31)15-19-6-8-23(24(14-19)40-4)43-17-26(36)34-10-12-41-13-11-34/h6-9,14-16,28H,5,10-13,17H2,1-4H3/b25-15-/t28-/m1/s1. The van der Waals surface area contributed by atoms with E-state index in [2.05, 4.69) is 4.99 Å². The van der Waals surface area contributed by atoms with Crippen LogP contribution in [0.5, 0.6) is 17.2 Å². The second-order valence-electron chi connectivity index (χ2n) is 9.88. The summed E-state index contributed by atoms with van der Waals surface area (Å²) in [6, 6.07) is 9.34. The predicted molar refractivity (Wildman–Crippen MR) is 164 cm³/mol. The zero-order chi connectivity index (χ0) is 31.4. The molecule has 13 heteroatoms. The Morgan fingerprint density at radius 1 is 1.09 bits per heavy atom. The van der Waals surface area contributed by atoms with Gasteiger partial charge in [0.2, 0.25) is 0 Å². The first-order chi connectivity index (χ1) is 21.2. The number of carbonyl (C=O) groups excluding carboxylic acids is 2. The molecule has 1 aromatic heterocycles. The summed E-state index contributed by atoms with van der Waals surface area (Å²) in [5.41, 5.74) is 1.49. The summed E-state index contributed by atoms with van der Waals surface area (Å²) in [5.74, 6) is 0.544. The van der Waals surface area contributed by atoms with E-state index in [-0.39, 0.29) is 30.3 Å². The third-order valence-electron chi connectivity index (χ3n) is 7.20. The molecule has 0 spiro atoms. The summed E-state index contributed by atoms with van der Waals surface area (Å²) in [7, 11) is 3.01. The van der Waals surface area contributed by atoms with E-state index in [4.69, 9.17) is 35.3 Å². The Morgan fingerprint density at radius 3 is 2.52 bits per heavy atom. The van der Waals surface area contributed by atoms with Crippen molar-refractivity contribution >= 4 is 40.9 Å². The quantitative estimate of drug-likeness (QED) is 0.328. The molecule has 44 heavy (non-hydrogen) atoms. The van der Waals surface area contributed by atoms with Crippen molar-refractivity contribution in [3.63, 3.8) is 0 Å². The topological polar surface area (TPSA) is 118 Å². The number of hydrogen-bond donors (Lipinski definition) is 0. The second-order valence-corrected chi connectivity index (χ2v) is 11.3. The van der Waals surface area contributed by atoms with Crippen molar-refractivity contribution in [3.8, 4) is 17.2 Å². The van der Waals surface area contributed by atoms with Gasteiger partial charge in [-0.3, -0.25) is 14.2 Å². The first-order valence-electron chi connectivity index (χ1n) is 13.9. The van der Waals surface area contributed by atoms with Gasteiger partial charge in [0, 0.05) is 23.7 Å². The fraction of sp³-hybridized carbons (Fsp3) is 0.355. The molecule has 0 radical (unpaired) electrons. The van der Waals surface area contributed by atoms with Crippen molar-refractivity contribution < 1.29 is 33.3 Å². The molecule has 0 unspecified atom stereocenters. The van der Waals surface area contributed by atoms with Gasteiger partial charge in [0.1, 0.15) is 11.8 Å². The Hall–Kier alpha value is -4.13. The number of esters is 1. The van der Waals surface area contributed by atoms with Gasteiger partial charge in [-0.2, -0.15) is 0 Å². The number of morpholine rings is 1. The third kappa shape index (κ3) is 6.37. The van der Waals surface area contributed by atoms with Crippen LogP contribution >= 0.6 is 22.9 Å². The predicted octanol–water partition coefficient (Wildman–Crippen LogP) is 2.71. The molecule has 3 aromatic rings. The Morgan fingerprint density at radius 2 is 1.82 bits per heavy atom. The van der Waals surface area contributed by atoms with Crippen LogP contribution in [-0.4, -0.2) is 75.1 Å². The molecule has 1 saturated heterocycles. The zero-order valence-corrected chi connectivity index (χ0v) is 26.3. The number of allylic oxidation sites excluding steroid dienone is 1. The van der Waals surface area contributed by atoms with Crippen LogP contribution in [0.3, 0.4) is 0 Å². The summed E-state index contributed by atoms with van der Waals surface area (Å²) in [6.45, 7) is 5.51. The zero-order valence-electron chi connectivity index (χ0n) is 24.8. The second kappa shape index (κ2) is 13.7. The van der Waals surface area contributed by atoms with Gasteiger partial charge in [-0.1, -0.05) is 29.0 Å². The van der Waals surface area contributed by atoms with Crippen LogP contribution in [0.25, 0.3) is 6.08 Å². The molecule has 0 aliphatic carbocycles. The summed E-state index contributed by atoms with van der Waals surface area (Å²) in [5, 5.41) is 0.418. The molecule has 0 bridgehead atoms. The number of halogens is 1. The number of fused-ring (bicyclic) bond motifs is 1. The number of carbonyl (C=O) groups is 2. The summed E-state index contributed by atoms with van der Waals surface area (Å²) >= 11 is 7.55. The molecule has 2 aliphatic rings. The summed E-state index contributed by atoms with van der Waals surface area (Å²) in [6.07, 6.45) is 1.71. The van der Waals surface area contributed by atoms with Crippen LogP contribution in [0, 0.1) is 0 Å².